The molecule has 3 N–H and O–H groups in total. The van der Waals surface area contributed by atoms with Gasteiger partial charge in [-0.3, -0.25) is 0 Å². The third-order valence-electron chi connectivity index (χ3n) is 3.46. The minimum atomic E-state index is 0.504. The molecule has 0 radical (unpaired) electrons. The van der Waals surface area contributed by atoms with E-state index in [9.17, 15) is 0 Å². The van der Waals surface area contributed by atoms with E-state index in [0.717, 1.165) is 38.6 Å². The number of hydrogen-bond donors (Lipinski definition) is 2. The highest BCUT2D eigenvalue weighted by atomic mass is 16.5. The van der Waals surface area contributed by atoms with E-state index in [0.29, 0.717) is 6.10 Å². The summed E-state index contributed by atoms with van der Waals surface area (Å²) in [7, 11) is 0. The van der Waals surface area contributed by atoms with Gasteiger partial charge in [-0.25, -0.2) is 0 Å². The minimum absolute atomic E-state index is 0.504. The van der Waals surface area contributed by atoms with Crippen molar-refractivity contribution in [3.63, 3.8) is 0 Å². The molecule has 2 atom stereocenters. The Morgan fingerprint density at radius 3 is 2.81 bits per heavy atom. The maximum Gasteiger partial charge on any atom is 0.0613 e. The van der Waals surface area contributed by atoms with E-state index in [1.54, 1.807) is 0 Å². The summed E-state index contributed by atoms with van der Waals surface area (Å²) in [6.07, 6.45) is 7.94. The molecule has 1 rings (SSSR count). The first kappa shape index (κ1) is 13.9. The average molecular weight is 228 g/mol. The fourth-order valence-electron chi connectivity index (χ4n) is 2.41. The second-order valence-electron chi connectivity index (χ2n) is 4.77. The van der Waals surface area contributed by atoms with E-state index in [2.05, 4.69) is 12.2 Å². The van der Waals surface area contributed by atoms with Crippen molar-refractivity contribution < 1.29 is 4.74 Å². The van der Waals surface area contributed by atoms with Crippen LogP contribution in [0.15, 0.2) is 0 Å². The average Bonchev–Trinajstić information content (AvgIpc) is 2.75. The third-order valence-corrected chi connectivity index (χ3v) is 3.46. The van der Waals surface area contributed by atoms with Crippen molar-refractivity contribution in [3.05, 3.63) is 0 Å². The van der Waals surface area contributed by atoms with Crippen LogP contribution in [0.25, 0.3) is 0 Å². The van der Waals surface area contributed by atoms with Crippen molar-refractivity contribution in [2.45, 2.75) is 51.6 Å². The van der Waals surface area contributed by atoms with Crippen molar-refractivity contribution in [2.24, 2.45) is 11.7 Å². The molecule has 1 heterocycles. The maximum atomic E-state index is 5.67. The van der Waals surface area contributed by atoms with Crippen LogP contribution in [0.5, 0.6) is 0 Å². The topological polar surface area (TPSA) is 47.3 Å². The van der Waals surface area contributed by atoms with Gasteiger partial charge in [-0.2, -0.15) is 0 Å². The van der Waals surface area contributed by atoms with E-state index in [1.165, 1.54) is 32.1 Å². The number of unbranched alkanes of at least 4 members (excludes halogenated alkanes) is 3. The fraction of sp³-hybridized carbons (Fsp3) is 1.00. The van der Waals surface area contributed by atoms with Gasteiger partial charge in [0.25, 0.3) is 0 Å². The highest BCUT2D eigenvalue weighted by Crippen LogP contribution is 2.22. The van der Waals surface area contributed by atoms with Gasteiger partial charge in [-0.15, -0.1) is 0 Å². The molecule has 3 heteroatoms. The minimum Gasteiger partial charge on any atom is -0.378 e. The molecule has 96 valence electrons. The number of ether oxygens (including phenoxy) is 1. The molecule has 0 aromatic carbocycles. The van der Waals surface area contributed by atoms with Crippen molar-refractivity contribution in [1.29, 1.82) is 0 Å². The van der Waals surface area contributed by atoms with Crippen LogP contribution in [0.3, 0.4) is 0 Å². The largest absolute Gasteiger partial charge is 0.378 e. The lowest BCUT2D eigenvalue weighted by atomic mass is 10.00. The lowest BCUT2D eigenvalue weighted by Gasteiger charge is -2.17. The molecule has 3 nitrogen and oxygen atoms in total. The lowest BCUT2D eigenvalue weighted by molar-refractivity contribution is 0.0873. The van der Waals surface area contributed by atoms with Crippen LogP contribution in [0, 0.1) is 5.92 Å². The van der Waals surface area contributed by atoms with E-state index >= 15 is 0 Å². The van der Waals surface area contributed by atoms with Crippen LogP contribution in [-0.4, -0.2) is 32.3 Å². The summed E-state index contributed by atoms with van der Waals surface area (Å²) in [6.45, 7) is 6.30. The van der Waals surface area contributed by atoms with Gasteiger partial charge in [0.2, 0.25) is 0 Å². The summed E-state index contributed by atoms with van der Waals surface area (Å²) >= 11 is 0. The predicted octanol–water partition coefficient (Wildman–Crippen LogP) is 1.91. The number of nitrogens with one attached hydrogen (secondary N) is 1. The monoisotopic (exact) mass is 228 g/mol. The number of nitrogens with two attached hydrogens (primary N) is 1. The molecule has 1 aliphatic rings. The molecule has 2 unspecified atom stereocenters. The van der Waals surface area contributed by atoms with E-state index in [4.69, 9.17) is 10.5 Å². The Morgan fingerprint density at radius 2 is 2.06 bits per heavy atom. The summed E-state index contributed by atoms with van der Waals surface area (Å²) in [5.74, 6) is 0.744. The molecule has 0 aliphatic carbocycles. The van der Waals surface area contributed by atoms with Gasteiger partial charge in [0.1, 0.15) is 0 Å². The molecule has 1 aliphatic heterocycles. The third kappa shape index (κ3) is 5.28. The Labute approximate surface area is 100 Å². The molecule has 16 heavy (non-hydrogen) atoms. The van der Waals surface area contributed by atoms with Crippen LogP contribution >= 0.6 is 0 Å². The second-order valence-corrected chi connectivity index (χ2v) is 4.77. The standard InChI is InChI=1S/C13H28N2O/c1-2-13-12(7-10-16-13)11-15-9-6-4-3-5-8-14/h12-13,15H,2-11,14H2,1H3. The van der Waals surface area contributed by atoms with Crippen LogP contribution < -0.4 is 11.1 Å². The maximum absolute atomic E-state index is 5.67. The molecule has 0 amide bonds. The number of hydrogen-bond acceptors (Lipinski definition) is 3. The molecule has 1 fully saturated rings. The summed E-state index contributed by atoms with van der Waals surface area (Å²) < 4.78 is 5.67. The van der Waals surface area contributed by atoms with Gasteiger partial charge < -0.3 is 15.8 Å². The molecule has 0 bridgehead atoms. The SMILES string of the molecule is CCC1OCCC1CNCCCCCCN. The zero-order chi connectivity index (χ0) is 11.6. The first-order valence-electron chi connectivity index (χ1n) is 6.90. The van der Waals surface area contributed by atoms with Gasteiger partial charge in [-0.05, 0) is 44.7 Å². The molecular weight excluding hydrogens is 200 g/mol. The predicted molar refractivity (Wildman–Crippen MR) is 68.5 cm³/mol. The van der Waals surface area contributed by atoms with E-state index in [-0.39, 0.29) is 0 Å². The quantitative estimate of drug-likeness (QED) is 0.593. The van der Waals surface area contributed by atoms with Crippen molar-refractivity contribution in [2.75, 3.05) is 26.2 Å². The van der Waals surface area contributed by atoms with Crippen LogP contribution in [0.1, 0.15) is 45.4 Å². The summed E-state index contributed by atoms with van der Waals surface area (Å²) in [5, 5.41) is 3.56. The van der Waals surface area contributed by atoms with Gasteiger partial charge in [0.15, 0.2) is 0 Å². The Kier molecular flexibility index (Phi) is 7.81. The highest BCUT2D eigenvalue weighted by molar-refractivity contribution is 4.76. The first-order valence-corrected chi connectivity index (χ1v) is 6.90. The van der Waals surface area contributed by atoms with Crippen molar-refractivity contribution in [3.8, 4) is 0 Å². The zero-order valence-corrected chi connectivity index (χ0v) is 10.7. The van der Waals surface area contributed by atoms with Gasteiger partial charge >= 0.3 is 0 Å². The molecule has 0 saturated carbocycles. The summed E-state index contributed by atoms with van der Waals surface area (Å²) in [6, 6.07) is 0. The lowest BCUT2D eigenvalue weighted by Crippen LogP contribution is -2.28. The number of rotatable bonds is 9. The highest BCUT2D eigenvalue weighted by Gasteiger charge is 2.25. The Bertz CT molecular complexity index is 164. The van der Waals surface area contributed by atoms with Gasteiger partial charge in [0.05, 0.1) is 6.10 Å². The fourth-order valence-corrected chi connectivity index (χ4v) is 2.41. The van der Waals surface area contributed by atoms with E-state index in [1.807, 2.05) is 0 Å². The van der Waals surface area contributed by atoms with Crippen molar-refractivity contribution >= 4 is 0 Å². The molecule has 1 saturated heterocycles. The summed E-state index contributed by atoms with van der Waals surface area (Å²) in [4.78, 5) is 0. The second kappa shape index (κ2) is 8.97. The molecule has 0 spiro atoms. The summed E-state index contributed by atoms with van der Waals surface area (Å²) in [5.41, 5.74) is 5.45. The Balaban J connectivity index is 1.90. The Morgan fingerprint density at radius 1 is 1.25 bits per heavy atom. The van der Waals surface area contributed by atoms with Crippen molar-refractivity contribution in [1.82, 2.24) is 5.32 Å². The van der Waals surface area contributed by atoms with Crippen LogP contribution in [0.2, 0.25) is 0 Å². The van der Waals surface area contributed by atoms with Crippen LogP contribution in [-0.2, 0) is 4.74 Å². The van der Waals surface area contributed by atoms with Gasteiger partial charge in [0, 0.05) is 13.2 Å². The normalized spacial score (nSPS) is 25.1. The zero-order valence-electron chi connectivity index (χ0n) is 10.7. The molecule has 0 aromatic heterocycles. The Hall–Kier alpha value is -0.120. The van der Waals surface area contributed by atoms with E-state index < -0.39 is 0 Å². The van der Waals surface area contributed by atoms with Gasteiger partial charge in [-0.1, -0.05) is 19.8 Å². The smallest absolute Gasteiger partial charge is 0.0613 e. The van der Waals surface area contributed by atoms with Crippen LogP contribution in [0.4, 0.5) is 0 Å². The molecule has 0 aromatic rings. The first-order chi connectivity index (χ1) is 7.88. The molecular formula is C13H28N2O.